The van der Waals surface area contributed by atoms with Crippen molar-refractivity contribution in [3.8, 4) is 0 Å². The summed E-state index contributed by atoms with van der Waals surface area (Å²) in [5.74, 6) is -0.240. The second-order valence-corrected chi connectivity index (χ2v) is 4.74. The molecule has 1 aromatic carbocycles. The fourth-order valence-corrected chi connectivity index (χ4v) is 2.12. The summed E-state index contributed by atoms with van der Waals surface area (Å²) in [6.07, 6.45) is 2.16. The Kier molecular flexibility index (Phi) is 5.30. The molecule has 0 bridgehead atoms. The van der Waals surface area contributed by atoms with Gasteiger partial charge in [-0.25, -0.2) is 4.39 Å². The molecule has 1 aliphatic heterocycles. The first-order chi connectivity index (χ1) is 9.25. The van der Waals surface area contributed by atoms with Gasteiger partial charge in [0.25, 0.3) is 0 Å². The minimum absolute atomic E-state index is 0.0295. The number of ether oxygens (including phenoxy) is 1. The van der Waals surface area contributed by atoms with Gasteiger partial charge in [-0.05, 0) is 44.0 Å². The maximum atomic E-state index is 13.3. The predicted octanol–water partition coefficient (Wildman–Crippen LogP) is 1.78. The number of nitrogens with one attached hydrogen (secondary N) is 2. The largest absolute Gasteiger partial charge is 0.371 e. The summed E-state index contributed by atoms with van der Waals surface area (Å²) in [6.45, 7) is 2.58. The number of carbonyl (C=O) groups is 1. The van der Waals surface area contributed by atoms with E-state index in [2.05, 4.69) is 10.6 Å². The van der Waals surface area contributed by atoms with Gasteiger partial charge in [0.2, 0.25) is 5.91 Å². The second kappa shape index (κ2) is 7.21. The van der Waals surface area contributed by atoms with Crippen LogP contribution in [0.15, 0.2) is 24.3 Å². The monoisotopic (exact) mass is 266 g/mol. The smallest absolute Gasteiger partial charge is 0.250 e. The average molecular weight is 266 g/mol. The number of anilines is 1. The first-order valence-electron chi connectivity index (χ1n) is 6.58. The van der Waals surface area contributed by atoms with E-state index < -0.39 is 5.82 Å². The Morgan fingerprint density at radius 3 is 2.84 bits per heavy atom. The second-order valence-electron chi connectivity index (χ2n) is 4.74. The third kappa shape index (κ3) is 4.61. The molecule has 0 spiro atoms. The Labute approximate surface area is 112 Å². The lowest BCUT2D eigenvalue weighted by molar-refractivity contribution is -0.121. The minimum atomic E-state index is -0.436. The van der Waals surface area contributed by atoms with Crippen molar-refractivity contribution in [3.05, 3.63) is 30.1 Å². The minimum Gasteiger partial charge on any atom is -0.371 e. The number of amides is 1. The fraction of sp³-hybridized carbons (Fsp3) is 0.500. The van der Waals surface area contributed by atoms with Gasteiger partial charge in [0.1, 0.15) is 12.4 Å². The Balaban J connectivity index is 1.68. The van der Waals surface area contributed by atoms with E-state index >= 15 is 0 Å². The zero-order valence-corrected chi connectivity index (χ0v) is 10.8. The van der Waals surface area contributed by atoms with E-state index in [1.807, 2.05) is 0 Å². The molecule has 1 aliphatic rings. The Morgan fingerprint density at radius 1 is 1.37 bits per heavy atom. The van der Waals surface area contributed by atoms with Crippen molar-refractivity contribution in [3.63, 3.8) is 0 Å². The molecule has 1 heterocycles. The zero-order valence-electron chi connectivity index (χ0n) is 10.8. The van der Waals surface area contributed by atoms with Gasteiger partial charge in [0, 0.05) is 0 Å². The molecular weight excluding hydrogens is 247 g/mol. The molecule has 5 heteroatoms. The van der Waals surface area contributed by atoms with Crippen LogP contribution >= 0.6 is 0 Å². The highest BCUT2D eigenvalue weighted by Gasteiger charge is 2.14. The van der Waals surface area contributed by atoms with Crippen LogP contribution in [0.1, 0.15) is 12.8 Å². The highest BCUT2D eigenvalue weighted by Crippen LogP contribution is 2.13. The molecule has 1 amide bonds. The molecule has 1 saturated heterocycles. The third-order valence-electron chi connectivity index (χ3n) is 3.19. The van der Waals surface area contributed by atoms with Gasteiger partial charge in [0.15, 0.2) is 0 Å². The molecule has 0 aromatic heterocycles. The van der Waals surface area contributed by atoms with Crippen LogP contribution in [0.4, 0.5) is 10.1 Å². The zero-order chi connectivity index (χ0) is 13.5. The van der Waals surface area contributed by atoms with Crippen LogP contribution in [0, 0.1) is 11.7 Å². The summed E-state index contributed by atoms with van der Waals surface area (Å²) in [7, 11) is 0. The van der Waals surface area contributed by atoms with E-state index in [0.717, 1.165) is 25.9 Å². The quantitative estimate of drug-likeness (QED) is 0.854. The number of piperidine rings is 1. The molecule has 0 unspecified atom stereocenters. The summed E-state index contributed by atoms with van der Waals surface area (Å²) in [5.41, 5.74) is 0.193. The van der Waals surface area contributed by atoms with Gasteiger partial charge in [0.05, 0.1) is 12.3 Å². The molecule has 0 atom stereocenters. The van der Waals surface area contributed by atoms with Crippen molar-refractivity contribution in [2.24, 2.45) is 5.92 Å². The third-order valence-corrected chi connectivity index (χ3v) is 3.19. The molecule has 0 radical (unpaired) electrons. The fourth-order valence-electron chi connectivity index (χ4n) is 2.12. The molecule has 2 rings (SSSR count). The van der Waals surface area contributed by atoms with Gasteiger partial charge in [-0.1, -0.05) is 12.1 Å². The molecule has 0 aliphatic carbocycles. The number of para-hydroxylation sites is 1. The Morgan fingerprint density at radius 2 is 2.11 bits per heavy atom. The lowest BCUT2D eigenvalue weighted by Crippen LogP contribution is -2.30. The van der Waals surface area contributed by atoms with E-state index in [4.69, 9.17) is 4.74 Å². The molecule has 1 aromatic rings. The van der Waals surface area contributed by atoms with Gasteiger partial charge >= 0.3 is 0 Å². The van der Waals surface area contributed by atoms with Crippen molar-refractivity contribution < 1.29 is 13.9 Å². The number of carbonyl (C=O) groups excluding carboxylic acids is 1. The number of benzene rings is 1. The molecule has 4 nitrogen and oxygen atoms in total. The van der Waals surface area contributed by atoms with Crippen LogP contribution in [0.3, 0.4) is 0 Å². The Bertz CT molecular complexity index is 420. The summed E-state index contributed by atoms with van der Waals surface area (Å²) in [4.78, 5) is 11.6. The molecular formula is C14H19FN2O2. The van der Waals surface area contributed by atoms with Crippen LogP contribution in [0.25, 0.3) is 0 Å². The predicted molar refractivity (Wildman–Crippen MR) is 71.4 cm³/mol. The lowest BCUT2D eigenvalue weighted by atomic mass is 9.99. The normalized spacial score (nSPS) is 16.3. The Hall–Kier alpha value is -1.46. The van der Waals surface area contributed by atoms with E-state index in [0.29, 0.717) is 12.5 Å². The highest BCUT2D eigenvalue weighted by molar-refractivity contribution is 5.91. The molecule has 1 fully saturated rings. The molecule has 2 N–H and O–H groups in total. The van der Waals surface area contributed by atoms with Crippen molar-refractivity contribution in [1.29, 1.82) is 0 Å². The highest BCUT2D eigenvalue weighted by atomic mass is 19.1. The summed E-state index contributed by atoms with van der Waals surface area (Å²) in [6, 6.07) is 6.10. The van der Waals surface area contributed by atoms with Crippen LogP contribution in [0.5, 0.6) is 0 Å². The summed E-state index contributed by atoms with van der Waals surface area (Å²) in [5, 5.41) is 5.77. The summed E-state index contributed by atoms with van der Waals surface area (Å²) >= 11 is 0. The van der Waals surface area contributed by atoms with E-state index in [1.165, 1.54) is 12.1 Å². The number of rotatable bonds is 5. The van der Waals surface area contributed by atoms with E-state index in [1.54, 1.807) is 12.1 Å². The summed E-state index contributed by atoms with van der Waals surface area (Å²) < 4.78 is 18.7. The van der Waals surface area contributed by atoms with Gasteiger partial charge in [-0.15, -0.1) is 0 Å². The number of hydrogen-bond acceptors (Lipinski definition) is 3. The van der Waals surface area contributed by atoms with Crippen LogP contribution in [-0.2, 0) is 9.53 Å². The lowest BCUT2D eigenvalue weighted by Gasteiger charge is -2.22. The van der Waals surface area contributed by atoms with Crippen molar-refractivity contribution in [2.45, 2.75) is 12.8 Å². The van der Waals surface area contributed by atoms with Gasteiger partial charge in [-0.3, -0.25) is 4.79 Å². The van der Waals surface area contributed by atoms with E-state index in [-0.39, 0.29) is 18.2 Å². The van der Waals surface area contributed by atoms with Gasteiger partial charge in [-0.2, -0.15) is 0 Å². The molecule has 19 heavy (non-hydrogen) atoms. The van der Waals surface area contributed by atoms with Crippen molar-refractivity contribution in [1.82, 2.24) is 5.32 Å². The van der Waals surface area contributed by atoms with Crippen LogP contribution in [0.2, 0.25) is 0 Å². The van der Waals surface area contributed by atoms with Crippen molar-refractivity contribution in [2.75, 3.05) is 31.6 Å². The van der Waals surface area contributed by atoms with Crippen LogP contribution < -0.4 is 10.6 Å². The van der Waals surface area contributed by atoms with Crippen molar-refractivity contribution >= 4 is 11.6 Å². The first kappa shape index (κ1) is 14.0. The maximum Gasteiger partial charge on any atom is 0.250 e. The van der Waals surface area contributed by atoms with Crippen LogP contribution in [-0.4, -0.2) is 32.2 Å². The van der Waals surface area contributed by atoms with Gasteiger partial charge < -0.3 is 15.4 Å². The molecule has 0 saturated carbocycles. The SMILES string of the molecule is O=C(COCC1CCNCC1)Nc1ccccc1F. The topological polar surface area (TPSA) is 50.4 Å². The first-order valence-corrected chi connectivity index (χ1v) is 6.58. The standard InChI is InChI=1S/C14H19FN2O2/c15-12-3-1-2-4-13(12)17-14(18)10-19-9-11-5-7-16-8-6-11/h1-4,11,16H,5-10H2,(H,17,18). The molecule has 104 valence electrons. The number of hydrogen-bond donors (Lipinski definition) is 2. The number of halogens is 1. The average Bonchev–Trinajstić information content (AvgIpc) is 2.43. The van der Waals surface area contributed by atoms with E-state index in [9.17, 15) is 9.18 Å². The maximum absolute atomic E-state index is 13.3.